The van der Waals surface area contributed by atoms with E-state index in [9.17, 15) is 9.59 Å². The number of rotatable bonds is 4. The third-order valence-corrected chi connectivity index (χ3v) is 3.76. The lowest BCUT2D eigenvalue weighted by molar-refractivity contribution is -0.132. The van der Waals surface area contributed by atoms with E-state index in [0.29, 0.717) is 19.5 Å². The molecule has 1 aliphatic rings. The number of ether oxygens (including phenoxy) is 2. The molecule has 0 unspecified atom stereocenters. The third kappa shape index (κ3) is 4.96. The maximum atomic E-state index is 12.5. The first-order chi connectivity index (χ1) is 11.3. The van der Waals surface area contributed by atoms with Gasteiger partial charge in [-0.05, 0) is 32.8 Å². The predicted octanol–water partition coefficient (Wildman–Crippen LogP) is 2.50. The van der Waals surface area contributed by atoms with Crippen LogP contribution in [0.25, 0.3) is 0 Å². The summed E-state index contributed by atoms with van der Waals surface area (Å²) in [4.78, 5) is 26.2. The van der Waals surface area contributed by atoms with Crippen molar-refractivity contribution in [3.63, 3.8) is 0 Å². The van der Waals surface area contributed by atoms with Gasteiger partial charge in [-0.25, -0.2) is 4.79 Å². The summed E-state index contributed by atoms with van der Waals surface area (Å²) in [5.74, 6) is -0.195. The molecule has 1 aliphatic heterocycles. The second-order valence-electron chi connectivity index (χ2n) is 6.95. The molecule has 132 valence electrons. The smallest absolute Gasteiger partial charge is 0.410 e. The van der Waals surface area contributed by atoms with Gasteiger partial charge in [0.05, 0.1) is 0 Å². The van der Waals surface area contributed by atoms with Crippen molar-refractivity contribution in [2.24, 2.45) is 0 Å². The third-order valence-electron chi connectivity index (χ3n) is 3.76. The predicted molar refractivity (Wildman–Crippen MR) is 90.5 cm³/mol. The van der Waals surface area contributed by atoms with E-state index in [1.165, 1.54) is 7.11 Å². The molecule has 1 aromatic carbocycles. The van der Waals surface area contributed by atoms with Gasteiger partial charge in [0.25, 0.3) is 5.91 Å². The SMILES string of the molecule is CO[C@@H](C(=O)N[C@@H]1CCN(C(=O)OC(C)(C)C)C1)c1ccccc1. The molecule has 1 N–H and O–H groups in total. The van der Waals surface area contributed by atoms with Crippen LogP contribution in [0.4, 0.5) is 4.79 Å². The summed E-state index contributed by atoms with van der Waals surface area (Å²) in [7, 11) is 1.51. The molecule has 1 fully saturated rings. The second-order valence-corrected chi connectivity index (χ2v) is 6.95. The first-order valence-electron chi connectivity index (χ1n) is 8.16. The largest absolute Gasteiger partial charge is 0.444 e. The van der Waals surface area contributed by atoms with Crippen LogP contribution in [0.1, 0.15) is 38.9 Å². The average Bonchev–Trinajstić information content (AvgIpc) is 2.96. The van der Waals surface area contributed by atoms with Crippen LogP contribution >= 0.6 is 0 Å². The molecular formula is C18H26N2O4. The van der Waals surface area contributed by atoms with Gasteiger partial charge in [0.15, 0.2) is 6.10 Å². The van der Waals surface area contributed by atoms with Crippen LogP contribution in [-0.4, -0.2) is 48.7 Å². The summed E-state index contributed by atoms with van der Waals surface area (Å²) >= 11 is 0. The first-order valence-corrected chi connectivity index (χ1v) is 8.16. The summed E-state index contributed by atoms with van der Waals surface area (Å²) < 4.78 is 10.7. The number of carbonyl (C=O) groups is 2. The van der Waals surface area contributed by atoms with Crippen molar-refractivity contribution in [1.29, 1.82) is 0 Å². The normalized spacial score (nSPS) is 19.0. The number of methoxy groups -OCH3 is 1. The van der Waals surface area contributed by atoms with Crippen LogP contribution in [0.2, 0.25) is 0 Å². The number of amides is 2. The van der Waals surface area contributed by atoms with E-state index in [1.54, 1.807) is 4.90 Å². The van der Waals surface area contributed by atoms with Crippen LogP contribution in [0.3, 0.4) is 0 Å². The number of hydrogen-bond acceptors (Lipinski definition) is 4. The summed E-state index contributed by atoms with van der Waals surface area (Å²) in [5, 5.41) is 2.96. The van der Waals surface area contributed by atoms with Gasteiger partial charge in [0.2, 0.25) is 0 Å². The highest BCUT2D eigenvalue weighted by molar-refractivity contribution is 5.82. The van der Waals surface area contributed by atoms with Gasteiger partial charge in [-0.3, -0.25) is 4.79 Å². The van der Waals surface area contributed by atoms with Crippen molar-refractivity contribution in [1.82, 2.24) is 10.2 Å². The molecule has 0 aliphatic carbocycles. The molecule has 1 saturated heterocycles. The average molecular weight is 334 g/mol. The molecule has 0 spiro atoms. The zero-order chi connectivity index (χ0) is 17.7. The van der Waals surface area contributed by atoms with Gasteiger partial charge in [-0.2, -0.15) is 0 Å². The van der Waals surface area contributed by atoms with Crippen LogP contribution in [0, 0.1) is 0 Å². The van der Waals surface area contributed by atoms with E-state index >= 15 is 0 Å². The van der Waals surface area contributed by atoms with Crippen LogP contribution < -0.4 is 5.32 Å². The van der Waals surface area contributed by atoms with Gasteiger partial charge in [0.1, 0.15) is 5.60 Å². The van der Waals surface area contributed by atoms with Gasteiger partial charge >= 0.3 is 6.09 Å². The fourth-order valence-electron chi connectivity index (χ4n) is 2.67. The minimum atomic E-state index is -0.651. The van der Waals surface area contributed by atoms with Crippen molar-refractivity contribution < 1.29 is 19.1 Å². The summed E-state index contributed by atoms with van der Waals surface area (Å²) in [6.07, 6.45) is -0.289. The Morgan fingerprint density at radius 2 is 1.92 bits per heavy atom. The molecule has 1 heterocycles. The maximum Gasteiger partial charge on any atom is 0.410 e. The molecule has 6 nitrogen and oxygen atoms in total. The van der Waals surface area contributed by atoms with Crippen molar-refractivity contribution >= 4 is 12.0 Å². The van der Waals surface area contributed by atoms with E-state index in [2.05, 4.69) is 5.32 Å². The second kappa shape index (κ2) is 7.66. The van der Waals surface area contributed by atoms with Crippen molar-refractivity contribution in [2.45, 2.75) is 44.9 Å². The fraction of sp³-hybridized carbons (Fsp3) is 0.556. The van der Waals surface area contributed by atoms with Crippen molar-refractivity contribution in [3.05, 3.63) is 35.9 Å². The van der Waals surface area contributed by atoms with Gasteiger partial charge in [-0.1, -0.05) is 30.3 Å². The van der Waals surface area contributed by atoms with Crippen molar-refractivity contribution in [2.75, 3.05) is 20.2 Å². The van der Waals surface area contributed by atoms with Crippen molar-refractivity contribution in [3.8, 4) is 0 Å². The summed E-state index contributed by atoms with van der Waals surface area (Å²) in [5.41, 5.74) is 0.284. The fourth-order valence-corrected chi connectivity index (χ4v) is 2.67. The van der Waals surface area contributed by atoms with Gasteiger partial charge < -0.3 is 19.7 Å². The number of benzene rings is 1. The van der Waals surface area contributed by atoms with E-state index in [-0.39, 0.29) is 18.0 Å². The molecule has 6 heteroatoms. The standard InChI is InChI=1S/C18H26N2O4/c1-18(2,3)24-17(22)20-11-10-14(12-20)19-16(21)15(23-4)13-8-6-5-7-9-13/h5-9,14-15H,10-12H2,1-4H3,(H,19,21)/t14-,15-/m1/s1. The summed E-state index contributed by atoms with van der Waals surface area (Å²) in [6, 6.07) is 9.25. The Hall–Kier alpha value is -2.08. The Morgan fingerprint density at radius 3 is 2.50 bits per heavy atom. The summed E-state index contributed by atoms with van der Waals surface area (Å²) in [6.45, 7) is 6.53. The Kier molecular flexibility index (Phi) is 5.83. The Morgan fingerprint density at radius 1 is 1.25 bits per heavy atom. The number of carbonyl (C=O) groups excluding carboxylic acids is 2. The lowest BCUT2D eigenvalue weighted by Gasteiger charge is -2.24. The molecule has 0 saturated carbocycles. The van der Waals surface area contributed by atoms with E-state index < -0.39 is 11.7 Å². The molecule has 0 aromatic heterocycles. The number of nitrogens with one attached hydrogen (secondary N) is 1. The molecular weight excluding hydrogens is 308 g/mol. The lowest BCUT2D eigenvalue weighted by Crippen LogP contribution is -2.42. The van der Waals surface area contributed by atoms with E-state index in [0.717, 1.165) is 5.56 Å². The zero-order valence-corrected chi connectivity index (χ0v) is 14.7. The Bertz CT molecular complexity index is 568. The monoisotopic (exact) mass is 334 g/mol. The number of hydrogen-bond donors (Lipinski definition) is 1. The molecule has 2 atom stereocenters. The van der Waals surface area contributed by atoms with Gasteiger partial charge in [-0.15, -0.1) is 0 Å². The maximum absolute atomic E-state index is 12.5. The first kappa shape index (κ1) is 18.3. The highest BCUT2D eigenvalue weighted by atomic mass is 16.6. The lowest BCUT2D eigenvalue weighted by atomic mass is 10.1. The van der Waals surface area contributed by atoms with Crippen LogP contribution in [0.15, 0.2) is 30.3 Å². The zero-order valence-electron chi connectivity index (χ0n) is 14.7. The Labute approximate surface area is 143 Å². The topological polar surface area (TPSA) is 67.9 Å². The molecule has 2 rings (SSSR count). The van der Waals surface area contributed by atoms with E-state index in [4.69, 9.17) is 9.47 Å². The Balaban J connectivity index is 1.90. The highest BCUT2D eigenvalue weighted by Crippen LogP contribution is 2.19. The van der Waals surface area contributed by atoms with Gasteiger partial charge in [0, 0.05) is 26.2 Å². The van der Waals surface area contributed by atoms with E-state index in [1.807, 2.05) is 51.1 Å². The highest BCUT2D eigenvalue weighted by Gasteiger charge is 2.32. The molecule has 1 aromatic rings. The number of likely N-dealkylation sites (tertiary alicyclic amines) is 1. The van der Waals surface area contributed by atoms with Crippen LogP contribution in [0.5, 0.6) is 0 Å². The molecule has 0 radical (unpaired) electrons. The minimum absolute atomic E-state index is 0.0913. The molecule has 0 bridgehead atoms. The molecule has 24 heavy (non-hydrogen) atoms. The quantitative estimate of drug-likeness (QED) is 0.918. The minimum Gasteiger partial charge on any atom is -0.444 e. The van der Waals surface area contributed by atoms with Crippen LogP contribution in [-0.2, 0) is 14.3 Å². The number of nitrogens with zero attached hydrogens (tertiary/aromatic N) is 1. The molecule has 2 amide bonds.